The maximum Gasteiger partial charge on any atom is 0.227 e. The molecule has 0 bridgehead atoms. The van der Waals surface area contributed by atoms with Crippen LogP contribution in [-0.4, -0.2) is 47.9 Å². The first-order valence-corrected chi connectivity index (χ1v) is 8.11. The highest BCUT2D eigenvalue weighted by Gasteiger charge is 2.25. The van der Waals surface area contributed by atoms with Gasteiger partial charge in [-0.05, 0) is 28.8 Å². The molecule has 1 atom stereocenters. The van der Waals surface area contributed by atoms with Crippen molar-refractivity contribution in [1.82, 2.24) is 9.80 Å². The molecule has 0 spiro atoms. The SMILES string of the molecule is CCCC(C#N)N1CCN(C(=O)Cc2ccsc2)CC1. The van der Waals surface area contributed by atoms with E-state index in [9.17, 15) is 10.1 Å². The summed E-state index contributed by atoms with van der Waals surface area (Å²) < 4.78 is 0. The van der Waals surface area contributed by atoms with Gasteiger partial charge in [-0.3, -0.25) is 9.69 Å². The van der Waals surface area contributed by atoms with E-state index in [1.54, 1.807) is 11.3 Å². The second kappa shape index (κ2) is 7.41. The van der Waals surface area contributed by atoms with Crippen LogP contribution in [0.5, 0.6) is 0 Å². The van der Waals surface area contributed by atoms with E-state index < -0.39 is 0 Å². The smallest absolute Gasteiger partial charge is 0.227 e. The molecule has 2 heterocycles. The number of carbonyl (C=O) groups excluding carboxylic acids is 1. The van der Waals surface area contributed by atoms with Gasteiger partial charge >= 0.3 is 0 Å². The first kappa shape index (κ1) is 15.0. The Bertz CT molecular complexity index is 458. The molecule has 1 aliphatic heterocycles. The zero-order chi connectivity index (χ0) is 14.4. The maximum atomic E-state index is 12.2. The highest BCUT2D eigenvalue weighted by molar-refractivity contribution is 7.07. The third kappa shape index (κ3) is 3.81. The van der Waals surface area contributed by atoms with Gasteiger partial charge in [-0.15, -0.1) is 0 Å². The van der Waals surface area contributed by atoms with Crippen molar-refractivity contribution in [3.8, 4) is 6.07 Å². The van der Waals surface area contributed by atoms with Gasteiger partial charge in [0.1, 0.15) is 0 Å². The molecule has 1 saturated heterocycles. The monoisotopic (exact) mass is 291 g/mol. The molecule has 5 heteroatoms. The van der Waals surface area contributed by atoms with E-state index >= 15 is 0 Å². The topological polar surface area (TPSA) is 47.3 Å². The standard InChI is InChI=1S/C15H21N3OS/c1-2-3-14(11-16)17-5-7-18(8-6-17)15(19)10-13-4-9-20-12-13/h4,9,12,14H,2-3,5-8,10H2,1H3. The number of hydrogen-bond donors (Lipinski definition) is 0. The Kier molecular flexibility index (Phi) is 5.57. The molecule has 1 fully saturated rings. The Morgan fingerprint density at radius 2 is 2.20 bits per heavy atom. The second-order valence-corrected chi connectivity index (χ2v) is 5.94. The van der Waals surface area contributed by atoms with Gasteiger partial charge in [0.2, 0.25) is 5.91 Å². The maximum absolute atomic E-state index is 12.2. The van der Waals surface area contributed by atoms with Crippen molar-refractivity contribution in [1.29, 1.82) is 5.26 Å². The molecular formula is C15H21N3OS. The summed E-state index contributed by atoms with van der Waals surface area (Å²) in [6.45, 7) is 5.21. The van der Waals surface area contributed by atoms with E-state index in [1.165, 1.54) is 0 Å². The molecule has 0 N–H and O–H groups in total. The van der Waals surface area contributed by atoms with Crippen LogP contribution in [0.3, 0.4) is 0 Å². The first-order chi connectivity index (χ1) is 9.74. The Labute approximate surface area is 124 Å². The minimum atomic E-state index is 0.00845. The quantitative estimate of drug-likeness (QED) is 0.835. The molecule has 108 valence electrons. The molecule has 0 aromatic carbocycles. The number of carbonyl (C=O) groups is 1. The lowest BCUT2D eigenvalue weighted by molar-refractivity contribution is -0.132. The minimum absolute atomic E-state index is 0.00845. The van der Waals surface area contributed by atoms with Crippen LogP contribution < -0.4 is 0 Å². The zero-order valence-corrected chi connectivity index (χ0v) is 12.7. The minimum Gasteiger partial charge on any atom is -0.340 e. The Morgan fingerprint density at radius 3 is 2.75 bits per heavy atom. The Morgan fingerprint density at radius 1 is 1.45 bits per heavy atom. The van der Waals surface area contributed by atoms with Crippen molar-refractivity contribution in [2.24, 2.45) is 0 Å². The van der Waals surface area contributed by atoms with Gasteiger partial charge in [0.05, 0.1) is 18.5 Å². The van der Waals surface area contributed by atoms with Crippen LogP contribution in [0.2, 0.25) is 0 Å². The van der Waals surface area contributed by atoms with Gasteiger partial charge < -0.3 is 4.90 Å². The fourth-order valence-electron chi connectivity index (χ4n) is 2.56. The van der Waals surface area contributed by atoms with Gasteiger partial charge in [-0.2, -0.15) is 16.6 Å². The molecule has 1 aromatic heterocycles. The Balaban J connectivity index is 1.82. The predicted octanol–water partition coefficient (Wildman–Crippen LogP) is 2.13. The number of hydrogen-bond acceptors (Lipinski definition) is 4. The molecule has 0 saturated carbocycles. The summed E-state index contributed by atoms with van der Waals surface area (Å²) >= 11 is 1.63. The van der Waals surface area contributed by atoms with Crippen LogP contribution in [0.25, 0.3) is 0 Å². The summed E-state index contributed by atoms with van der Waals surface area (Å²) in [6, 6.07) is 4.39. The van der Waals surface area contributed by atoms with E-state index in [-0.39, 0.29) is 11.9 Å². The molecule has 0 radical (unpaired) electrons. The number of rotatable bonds is 5. The molecule has 1 amide bonds. The number of piperazine rings is 1. The van der Waals surface area contributed by atoms with Crippen LogP contribution in [0.1, 0.15) is 25.3 Å². The lowest BCUT2D eigenvalue weighted by Crippen LogP contribution is -2.52. The summed E-state index contributed by atoms with van der Waals surface area (Å²) in [6.07, 6.45) is 2.44. The molecule has 1 unspecified atom stereocenters. The van der Waals surface area contributed by atoms with Crippen molar-refractivity contribution < 1.29 is 4.79 Å². The summed E-state index contributed by atoms with van der Waals surface area (Å²) in [7, 11) is 0. The highest BCUT2D eigenvalue weighted by atomic mass is 32.1. The third-order valence-electron chi connectivity index (χ3n) is 3.75. The van der Waals surface area contributed by atoms with Gasteiger partial charge in [0.15, 0.2) is 0 Å². The fraction of sp³-hybridized carbons (Fsp3) is 0.600. The number of amides is 1. The van der Waals surface area contributed by atoms with Crippen molar-refractivity contribution in [3.63, 3.8) is 0 Å². The predicted molar refractivity (Wildman–Crippen MR) is 80.5 cm³/mol. The molecule has 4 nitrogen and oxygen atoms in total. The lowest BCUT2D eigenvalue weighted by atomic mass is 10.1. The van der Waals surface area contributed by atoms with Crippen LogP contribution in [0, 0.1) is 11.3 Å². The molecule has 1 aliphatic rings. The highest BCUT2D eigenvalue weighted by Crippen LogP contribution is 2.13. The summed E-state index contributed by atoms with van der Waals surface area (Å²) in [5.41, 5.74) is 1.10. The fourth-order valence-corrected chi connectivity index (χ4v) is 3.23. The van der Waals surface area contributed by atoms with Crippen molar-refractivity contribution in [2.45, 2.75) is 32.2 Å². The van der Waals surface area contributed by atoms with E-state index in [1.807, 2.05) is 21.7 Å². The normalized spacial score (nSPS) is 17.7. The largest absolute Gasteiger partial charge is 0.340 e. The number of nitriles is 1. The van der Waals surface area contributed by atoms with E-state index in [4.69, 9.17) is 0 Å². The van der Waals surface area contributed by atoms with Crippen LogP contribution in [0.15, 0.2) is 16.8 Å². The second-order valence-electron chi connectivity index (χ2n) is 5.16. The van der Waals surface area contributed by atoms with Crippen molar-refractivity contribution in [2.75, 3.05) is 26.2 Å². The lowest BCUT2D eigenvalue weighted by Gasteiger charge is -2.37. The average Bonchev–Trinajstić information content (AvgIpc) is 2.98. The Hall–Kier alpha value is -1.38. The van der Waals surface area contributed by atoms with E-state index in [0.29, 0.717) is 6.42 Å². The molecule has 2 rings (SSSR count). The number of thiophene rings is 1. The zero-order valence-electron chi connectivity index (χ0n) is 11.9. The van der Waals surface area contributed by atoms with Crippen molar-refractivity contribution in [3.05, 3.63) is 22.4 Å². The summed E-state index contributed by atoms with van der Waals surface area (Å²) in [5, 5.41) is 13.2. The van der Waals surface area contributed by atoms with Gasteiger partial charge in [0.25, 0.3) is 0 Å². The molecule has 20 heavy (non-hydrogen) atoms. The molecule has 1 aromatic rings. The summed E-state index contributed by atoms with van der Waals surface area (Å²) in [5.74, 6) is 0.201. The van der Waals surface area contributed by atoms with Crippen LogP contribution in [0.4, 0.5) is 0 Å². The van der Waals surface area contributed by atoms with Crippen LogP contribution in [-0.2, 0) is 11.2 Å². The van der Waals surface area contributed by atoms with Gasteiger partial charge in [-0.1, -0.05) is 13.3 Å². The first-order valence-electron chi connectivity index (χ1n) is 7.17. The van der Waals surface area contributed by atoms with Gasteiger partial charge in [0, 0.05) is 26.2 Å². The van der Waals surface area contributed by atoms with Crippen molar-refractivity contribution >= 4 is 17.2 Å². The van der Waals surface area contributed by atoms with E-state index in [2.05, 4.69) is 17.9 Å². The molecule has 0 aliphatic carbocycles. The van der Waals surface area contributed by atoms with Crippen LogP contribution >= 0.6 is 11.3 Å². The summed E-state index contributed by atoms with van der Waals surface area (Å²) in [4.78, 5) is 16.3. The third-order valence-corrected chi connectivity index (χ3v) is 4.49. The number of nitrogens with zero attached hydrogens (tertiary/aromatic N) is 3. The van der Waals surface area contributed by atoms with E-state index in [0.717, 1.165) is 44.6 Å². The molecular weight excluding hydrogens is 270 g/mol. The average molecular weight is 291 g/mol. The van der Waals surface area contributed by atoms with Gasteiger partial charge in [-0.25, -0.2) is 0 Å².